The summed E-state index contributed by atoms with van der Waals surface area (Å²) in [4.78, 5) is 2.58. The third-order valence-corrected chi connectivity index (χ3v) is 4.15. The molecule has 1 saturated heterocycles. The van der Waals surface area contributed by atoms with Crippen molar-refractivity contribution in [2.45, 2.75) is 45.1 Å². The van der Waals surface area contributed by atoms with Gasteiger partial charge in [-0.15, -0.1) is 0 Å². The number of aliphatic hydroxyl groups excluding tert-OH is 1. The Kier molecular flexibility index (Phi) is 3.45. The van der Waals surface area contributed by atoms with Gasteiger partial charge in [0.2, 0.25) is 0 Å². The van der Waals surface area contributed by atoms with E-state index < -0.39 is 0 Å². The van der Waals surface area contributed by atoms with Crippen molar-refractivity contribution in [1.29, 1.82) is 0 Å². The van der Waals surface area contributed by atoms with Gasteiger partial charge in [-0.3, -0.25) is 4.90 Å². The quantitative estimate of drug-likeness (QED) is 0.746. The molecule has 1 saturated carbocycles. The molecule has 2 aliphatic rings. The fraction of sp³-hybridized carbons (Fsp3) is 1.00. The molecular formula is C12H23NO. The van der Waals surface area contributed by atoms with Gasteiger partial charge < -0.3 is 5.11 Å². The van der Waals surface area contributed by atoms with Crippen LogP contribution >= 0.6 is 0 Å². The molecule has 1 heterocycles. The zero-order chi connectivity index (χ0) is 9.97. The van der Waals surface area contributed by atoms with Crippen LogP contribution in [0.1, 0.15) is 39.0 Å². The van der Waals surface area contributed by atoms with Crippen LogP contribution in [0, 0.1) is 11.8 Å². The Balaban J connectivity index is 1.69. The van der Waals surface area contributed by atoms with E-state index in [1.54, 1.807) is 0 Å². The van der Waals surface area contributed by atoms with Crippen molar-refractivity contribution in [3.8, 4) is 0 Å². The molecule has 0 amide bonds. The Hall–Kier alpha value is -0.0800. The van der Waals surface area contributed by atoms with Crippen molar-refractivity contribution in [1.82, 2.24) is 4.90 Å². The van der Waals surface area contributed by atoms with Crippen molar-refractivity contribution in [3.63, 3.8) is 0 Å². The largest absolute Gasteiger partial charge is 0.396 e. The molecule has 0 bridgehead atoms. The smallest absolute Gasteiger partial charge is 0.0483 e. The maximum atomic E-state index is 8.96. The molecule has 0 spiro atoms. The molecule has 0 aromatic carbocycles. The van der Waals surface area contributed by atoms with Gasteiger partial charge in [-0.25, -0.2) is 0 Å². The molecule has 82 valence electrons. The Morgan fingerprint density at radius 1 is 1.07 bits per heavy atom. The zero-order valence-corrected chi connectivity index (χ0v) is 9.28. The SMILES string of the molecule is CCC1CCC(N2CC(CO)C2)CC1. The van der Waals surface area contributed by atoms with Gasteiger partial charge in [0, 0.05) is 31.7 Å². The van der Waals surface area contributed by atoms with E-state index in [2.05, 4.69) is 11.8 Å². The van der Waals surface area contributed by atoms with E-state index in [0.717, 1.165) is 25.0 Å². The summed E-state index contributed by atoms with van der Waals surface area (Å²) in [5.74, 6) is 1.58. The van der Waals surface area contributed by atoms with Gasteiger partial charge >= 0.3 is 0 Å². The topological polar surface area (TPSA) is 23.5 Å². The fourth-order valence-corrected chi connectivity index (χ4v) is 2.94. The van der Waals surface area contributed by atoms with Gasteiger partial charge in [0.05, 0.1) is 0 Å². The maximum absolute atomic E-state index is 8.96. The minimum Gasteiger partial charge on any atom is -0.396 e. The standard InChI is InChI=1S/C12H23NO/c1-2-10-3-5-12(6-4-10)13-7-11(8-13)9-14/h10-12,14H,2-9H2,1H3. The number of hydrogen-bond acceptors (Lipinski definition) is 2. The molecule has 1 N–H and O–H groups in total. The first kappa shape index (κ1) is 10.4. The average molecular weight is 197 g/mol. The van der Waals surface area contributed by atoms with Crippen LogP contribution in [0.2, 0.25) is 0 Å². The van der Waals surface area contributed by atoms with Gasteiger partial charge in [-0.05, 0) is 31.6 Å². The minimum atomic E-state index is 0.390. The summed E-state index contributed by atoms with van der Waals surface area (Å²) in [6, 6.07) is 0.848. The lowest BCUT2D eigenvalue weighted by Gasteiger charge is -2.46. The van der Waals surface area contributed by atoms with Gasteiger partial charge in [0.25, 0.3) is 0 Å². The summed E-state index contributed by atoms with van der Waals surface area (Å²) in [5, 5.41) is 8.96. The van der Waals surface area contributed by atoms with E-state index in [1.165, 1.54) is 32.1 Å². The second-order valence-corrected chi connectivity index (χ2v) is 5.09. The van der Waals surface area contributed by atoms with Crippen LogP contribution in [0.4, 0.5) is 0 Å². The van der Waals surface area contributed by atoms with Gasteiger partial charge in [0.15, 0.2) is 0 Å². The van der Waals surface area contributed by atoms with E-state index in [9.17, 15) is 0 Å². The summed E-state index contributed by atoms with van der Waals surface area (Å²) < 4.78 is 0. The third kappa shape index (κ3) is 2.12. The molecule has 1 aliphatic heterocycles. The van der Waals surface area contributed by atoms with Crippen LogP contribution in [-0.4, -0.2) is 35.7 Å². The molecule has 14 heavy (non-hydrogen) atoms. The number of rotatable bonds is 3. The number of likely N-dealkylation sites (tertiary alicyclic amines) is 1. The van der Waals surface area contributed by atoms with Gasteiger partial charge in [-0.2, -0.15) is 0 Å². The first-order valence-corrected chi connectivity index (χ1v) is 6.18. The monoisotopic (exact) mass is 197 g/mol. The molecule has 1 aliphatic carbocycles. The highest BCUT2D eigenvalue weighted by atomic mass is 16.3. The van der Waals surface area contributed by atoms with Crippen molar-refractivity contribution >= 4 is 0 Å². The molecule has 0 aromatic heterocycles. The first-order chi connectivity index (χ1) is 6.83. The Labute approximate surface area is 87.3 Å². The lowest BCUT2D eigenvalue weighted by atomic mass is 9.82. The zero-order valence-electron chi connectivity index (χ0n) is 9.28. The highest BCUT2D eigenvalue weighted by Gasteiger charge is 2.33. The number of aliphatic hydroxyl groups is 1. The minimum absolute atomic E-state index is 0.390. The van der Waals surface area contributed by atoms with E-state index in [1.807, 2.05) is 0 Å². The van der Waals surface area contributed by atoms with Crippen molar-refractivity contribution in [2.75, 3.05) is 19.7 Å². The summed E-state index contributed by atoms with van der Waals surface area (Å²) in [7, 11) is 0. The van der Waals surface area contributed by atoms with E-state index in [-0.39, 0.29) is 0 Å². The van der Waals surface area contributed by atoms with Crippen molar-refractivity contribution < 1.29 is 5.11 Å². The van der Waals surface area contributed by atoms with Crippen LogP contribution in [0.5, 0.6) is 0 Å². The molecular weight excluding hydrogens is 174 g/mol. The van der Waals surface area contributed by atoms with Crippen LogP contribution in [-0.2, 0) is 0 Å². The molecule has 2 heteroatoms. The highest BCUT2D eigenvalue weighted by Crippen LogP contribution is 2.32. The molecule has 2 nitrogen and oxygen atoms in total. The van der Waals surface area contributed by atoms with Gasteiger partial charge in [-0.1, -0.05) is 13.3 Å². The highest BCUT2D eigenvalue weighted by molar-refractivity contribution is 4.87. The third-order valence-electron chi connectivity index (χ3n) is 4.15. The normalized spacial score (nSPS) is 35.6. The Bertz CT molecular complexity index is 169. The molecule has 0 aromatic rings. The molecule has 2 fully saturated rings. The second-order valence-electron chi connectivity index (χ2n) is 5.09. The van der Waals surface area contributed by atoms with E-state index in [0.29, 0.717) is 12.5 Å². The summed E-state index contributed by atoms with van der Waals surface area (Å²) in [6.45, 7) is 5.01. The van der Waals surface area contributed by atoms with E-state index in [4.69, 9.17) is 5.11 Å². The lowest BCUT2D eigenvalue weighted by molar-refractivity contribution is 0.00191. The number of hydrogen-bond donors (Lipinski definition) is 1. The lowest BCUT2D eigenvalue weighted by Crippen LogP contribution is -2.54. The fourth-order valence-electron chi connectivity index (χ4n) is 2.94. The van der Waals surface area contributed by atoms with Crippen LogP contribution < -0.4 is 0 Å². The molecule has 0 unspecified atom stereocenters. The Morgan fingerprint density at radius 3 is 2.21 bits per heavy atom. The summed E-state index contributed by atoms with van der Waals surface area (Å²) in [5.41, 5.74) is 0. The van der Waals surface area contributed by atoms with Crippen LogP contribution in [0.3, 0.4) is 0 Å². The molecule has 0 atom stereocenters. The van der Waals surface area contributed by atoms with Gasteiger partial charge in [0.1, 0.15) is 0 Å². The summed E-state index contributed by atoms with van der Waals surface area (Å²) in [6.07, 6.45) is 7.03. The van der Waals surface area contributed by atoms with Crippen molar-refractivity contribution in [2.24, 2.45) is 11.8 Å². The second kappa shape index (κ2) is 4.63. The van der Waals surface area contributed by atoms with Crippen LogP contribution in [0.25, 0.3) is 0 Å². The first-order valence-electron chi connectivity index (χ1n) is 6.18. The van der Waals surface area contributed by atoms with Crippen LogP contribution in [0.15, 0.2) is 0 Å². The molecule has 0 radical (unpaired) electrons. The maximum Gasteiger partial charge on any atom is 0.0483 e. The summed E-state index contributed by atoms with van der Waals surface area (Å²) >= 11 is 0. The Morgan fingerprint density at radius 2 is 1.71 bits per heavy atom. The predicted molar refractivity (Wildman–Crippen MR) is 58.2 cm³/mol. The average Bonchev–Trinajstić information content (AvgIpc) is 2.17. The predicted octanol–water partition coefficient (Wildman–Crippen LogP) is 1.88. The van der Waals surface area contributed by atoms with Crippen molar-refractivity contribution in [3.05, 3.63) is 0 Å². The van der Waals surface area contributed by atoms with E-state index >= 15 is 0 Å². The number of nitrogens with zero attached hydrogens (tertiary/aromatic N) is 1. The molecule has 2 rings (SSSR count).